The maximum absolute atomic E-state index is 11.4. The molecular formula is C12H14N2O3. The van der Waals surface area contributed by atoms with Crippen molar-refractivity contribution in [2.45, 2.75) is 6.92 Å². The fourth-order valence-electron chi connectivity index (χ4n) is 1.66. The van der Waals surface area contributed by atoms with E-state index in [1.165, 1.54) is 0 Å². The predicted octanol–water partition coefficient (Wildman–Crippen LogP) is 1.47. The average Bonchev–Trinajstić information content (AvgIpc) is 2.68. The maximum Gasteiger partial charge on any atom is 0.199 e. The quantitative estimate of drug-likeness (QED) is 0.794. The number of rotatable bonds is 3. The van der Waals surface area contributed by atoms with E-state index in [0.29, 0.717) is 17.2 Å². The van der Waals surface area contributed by atoms with Gasteiger partial charge in [0.25, 0.3) is 0 Å². The Hall–Kier alpha value is -2.04. The highest BCUT2D eigenvalue weighted by Gasteiger charge is 2.22. The van der Waals surface area contributed by atoms with E-state index < -0.39 is 0 Å². The van der Waals surface area contributed by atoms with Crippen molar-refractivity contribution in [1.82, 2.24) is 0 Å². The number of ketones is 1. The minimum Gasteiger partial charge on any atom is -0.493 e. The van der Waals surface area contributed by atoms with E-state index >= 15 is 0 Å². The van der Waals surface area contributed by atoms with Gasteiger partial charge in [-0.05, 0) is 19.1 Å². The third-order valence-corrected chi connectivity index (χ3v) is 2.63. The van der Waals surface area contributed by atoms with Gasteiger partial charge in [-0.3, -0.25) is 9.80 Å². The molecule has 0 saturated heterocycles. The Labute approximate surface area is 99.6 Å². The summed E-state index contributed by atoms with van der Waals surface area (Å²) < 4.78 is 10.4. The molecule has 0 bridgehead atoms. The van der Waals surface area contributed by atoms with Crippen molar-refractivity contribution in [2.75, 3.05) is 25.8 Å². The first-order chi connectivity index (χ1) is 8.15. The normalized spacial score (nSPS) is 14.9. The van der Waals surface area contributed by atoms with Crippen molar-refractivity contribution in [3.05, 3.63) is 18.2 Å². The molecule has 1 heterocycles. The highest BCUT2D eigenvalue weighted by Crippen LogP contribution is 2.32. The standard InChI is InChI=1S/C12H14N2O3/c1-8-10(15)7-14(13-8)9-4-5-11(16-2)12(6-9)17-3/h4-6H,7H2,1-3H3. The number of anilines is 1. The van der Waals surface area contributed by atoms with Gasteiger partial charge in [-0.2, -0.15) is 5.10 Å². The summed E-state index contributed by atoms with van der Waals surface area (Å²) in [6, 6.07) is 5.44. The zero-order valence-electron chi connectivity index (χ0n) is 10.1. The molecule has 0 aromatic heterocycles. The first-order valence-corrected chi connectivity index (χ1v) is 5.23. The van der Waals surface area contributed by atoms with Crippen LogP contribution in [0.5, 0.6) is 11.5 Å². The highest BCUT2D eigenvalue weighted by atomic mass is 16.5. The van der Waals surface area contributed by atoms with Crippen LogP contribution in [0.4, 0.5) is 5.69 Å². The van der Waals surface area contributed by atoms with E-state index in [0.717, 1.165) is 5.69 Å². The Morgan fingerprint density at radius 3 is 2.47 bits per heavy atom. The topological polar surface area (TPSA) is 51.1 Å². The monoisotopic (exact) mass is 234 g/mol. The van der Waals surface area contributed by atoms with Crippen LogP contribution in [0.2, 0.25) is 0 Å². The van der Waals surface area contributed by atoms with E-state index in [-0.39, 0.29) is 12.3 Å². The number of benzene rings is 1. The molecule has 17 heavy (non-hydrogen) atoms. The van der Waals surface area contributed by atoms with Gasteiger partial charge in [0.05, 0.1) is 19.9 Å². The Morgan fingerprint density at radius 2 is 1.94 bits per heavy atom. The number of carbonyl (C=O) groups is 1. The molecule has 0 aliphatic carbocycles. The lowest BCUT2D eigenvalue weighted by Crippen LogP contribution is -2.17. The number of hydrogen-bond acceptors (Lipinski definition) is 5. The van der Waals surface area contributed by atoms with E-state index in [4.69, 9.17) is 9.47 Å². The van der Waals surface area contributed by atoms with Gasteiger partial charge in [-0.15, -0.1) is 0 Å². The Morgan fingerprint density at radius 1 is 1.24 bits per heavy atom. The van der Waals surface area contributed by atoms with Crippen LogP contribution in [0.3, 0.4) is 0 Å². The fraction of sp³-hybridized carbons (Fsp3) is 0.333. The first kappa shape index (κ1) is 11.4. The van der Waals surface area contributed by atoms with Gasteiger partial charge in [-0.1, -0.05) is 0 Å². The number of ether oxygens (including phenoxy) is 2. The third kappa shape index (κ3) is 2.08. The van der Waals surface area contributed by atoms with Crippen molar-refractivity contribution in [3.63, 3.8) is 0 Å². The van der Waals surface area contributed by atoms with Crippen molar-refractivity contribution in [3.8, 4) is 11.5 Å². The van der Waals surface area contributed by atoms with E-state index in [9.17, 15) is 4.79 Å². The van der Waals surface area contributed by atoms with Crippen LogP contribution >= 0.6 is 0 Å². The second kappa shape index (κ2) is 4.45. The molecule has 5 heteroatoms. The Balaban J connectivity index is 2.32. The van der Waals surface area contributed by atoms with Crippen molar-refractivity contribution < 1.29 is 14.3 Å². The lowest BCUT2D eigenvalue weighted by molar-refractivity contribution is -0.111. The van der Waals surface area contributed by atoms with E-state index in [2.05, 4.69) is 5.10 Å². The molecule has 90 valence electrons. The number of carbonyl (C=O) groups excluding carboxylic acids is 1. The van der Waals surface area contributed by atoms with Gasteiger partial charge in [-0.25, -0.2) is 0 Å². The van der Waals surface area contributed by atoms with Gasteiger partial charge < -0.3 is 9.47 Å². The number of Topliss-reactive ketones (excluding diaryl/α,β-unsaturated/α-hetero) is 1. The summed E-state index contributed by atoms with van der Waals surface area (Å²) in [5, 5.41) is 5.83. The lowest BCUT2D eigenvalue weighted by atomic mass is 10.2. The highest BCUT2D eigenvalue weighted by molar-refractivity contribution is 6.42. The first-order valence-electron chi connectivity index (χ1n) is 5.23. The van der Waals surface area contributed by atoms with Gasteiger partial charge in [0.2, 0.25) is 0 Å². The minimum atomic E-state index is 0.0415. The van der Waals surface area contributed by atoms with Crippen molar-refractivity contribution in [2.24, 2.45) is 5.10 Å². The summed E-state index contributed by atoms with van der Waals surface area (Å²) in [7, 11) is 3.16. The van der Waals surface area contributed by atoms with Crippen LogP contribution < -0.4 is 14.5 Å². The molecule has 1 aromatic carbocycles. The molecule has 1 aliphatic rings. The van der Waals surface area contributed by atoms with Crippen LogP contribution in [0.15, 0.2) is 23.3 Å². The van der Waals surface area contributed by atoms with Gasteiger partial charge in [0.15, 0.2) is 17.3 Å². The SMILES string of the molecule is COc1ccc(N2CC(=O)C(C)=N2)cc1OC. The zero-order chi connectivity index (χ0) is 12.4. The number of methoxy groups -OCH3 is 2. The number of hydrazone groups is 1. The number of nitrogens with zero attached hydrogens (tertiary/aromatic N) is 2. The van der Waals surface area contributed by atoms with Crippen LogP contribution in [0.1, 0.15) is 6.92 Å². The summed E-state index contributed by atoms with van der Waals surface area (Å²) in [5.41, 5.74) is 1.34. The predicted molar refractivity (Wildman–Crippen MR) is 65.0 cm³/mol. The molecule has 0 amide bonds. The number of hydrogen-bond donors (Lipinski definition) is 0. The molecule has 0 unspecified atom stereocenters. The second-order valence-electron chi connectivity index (χ2n) is 3.71. The Kier molecular flexibility index (Phi) is 2.99. The summed E-state index contributed by atoms with van der Waals surface area (Å²) in [6.45, 7) is 1.99. The van der Waals surface area contributed by atoms with Gasteiger partial charge in [0, 0.05) is 6.07 Å². The summed E-state index contributed by atoms with van der Waals surface area (Å²) in [4.78, 5) is 11.4. The van der Waals surface area contributed by atoms with Crippen molar-refractivity contribution in [1.29, 1.82) is 0 Å². The molecule has 0 fully saturated rings. The smallest absolute Gasteiger partial charge is 0.199 e. The summed E-state index contributed by atoms with van der Waals surface area (Å²) in [6.07, 6.45) is 0. The van der Waals surface area contributed by atoms with Crippen LogP contribution in [-0.2, 0) is 4.79 Å². The molecule has 1 aliphatic heterocycles. The second-order valence-corrected chi connectivity index (χ2v) is 3.71. The van der Waals surface area contributed by atoms with Crippen molar-refractivity contribution >= 4 is 17.2 Å². The molecule has 0 spiro atoms. The molecule has 2 rings (SSSR count). The molecule has 0 N–H and O–H groups in total. The van der Waals surface area contributed by atoms with Gasteiger partial charge >= 0.3 is 0 Å². The van der Waals surface area contributed by atoms with Gasteiger partial charge in [0.1, 0.15) is 12.3 Å². The van der Waals surface area contributed by atoms with Crippen LogP contribution in [0.25, 0.3) is 0 Å². The van der Waals surface area contributed by atoms with Crippen LogP contribution in [-0.4, -0.2) is 32.3 Å². The largest absolute Gasteiger partial charge is 0.493 e. The van der Waals surface area contributed by atoms with E-state index in [1.807, 2.05) is 6.07 Å². The zero-order valence-corrected chi connectivity index (χ0v) is 10.1. The summed E-state index contributed by atoms with van der Waals surface area (Å²) in [5.74, 6) is 1.32. The molecular weight excluding hydrogens is 220 g/mol. The summed E-state index contributed by atoms with van der Waals surface area (Å²) >= 11 is 0. The Bertz CT molecular complexity index is 483. The fourth-order valence-corrected chi connectivity index (χ4v) is 1.66. The molecule has 0 saturated carbocycles. The maximum atomic E-state index is 11.4. The third-order valence-electron chi connectivity index (χ3n) is 2.63. The minimum absolute atomic E-state index is 0.0415. The molecule has 0 radical (unpaired) electrons. The molecule has 5 nitrogen and oxygen atoms in total. The molecule has 1 aromatic rings. The average molecular weight is 234 g/mol. The lowest BCUT2D eigenvalue weighted by Gasteiger charge is -2.15. The van der Waals surface area contributed by atoms with Crippen LogP contribution in [0, 0.1) is 0 Å². The molecule has 0 atom stereocenters. The van der Waals surface area contributed by atoms with E-state index in [1.54, 1.807) is 38.3 Å².